The van der Waals surface area contributed by atoms with E-state index in [1.807, 2.05) is 0 Å². The lowest BCUT2D eigenvalue weighted by atomic mass is 10.5. The molecule has 3 nitrogen and oxygen atoms in total. The normalized spacial score (nSPS) is 11.9. The maximum absolute atomic E-state index is 7.91. The molecule has 0 aromatic heterocycles. The van der Waals surface area contributed by atoms with Crippen molar-refractivity contribution < 1.29 is 5.21 Å². The van der Waals surface area contributed by atoms with Crippen molar-refractivity contribution in [1.29, 1.82) is 0 Å². The Bertz CT molecular complexity index is 73.3. The highest BCUT2D eigenvalue weighted by Crippen LogP contribution is 1.85. The Hall–Kier alpha value is -0.250. The summed E-state index contributed by atoms with van der Waals surface area (Å²) in [6.07, 6.45) is 0.594. The van der Waals surface area contributed by atoms with Crippen LogP contribution < -0.4 is 5.73 Å². The molecule has 4 heteroatoms. The van der Waals surface area contributed by atoms with Gasteiger partial charge in [0.15, 0.2) is 0 Å². The number of hydrogen-bond acceptors (Lipinski definition) is 2. The number of amidine groups is 1. The van der Waals surface area contributed by atoms with Gasteiger partial charge in [0.05, 0.1) is 0 Å². The molecule has 0 bridgehead atoms. The predicted molar refractivity (Wildman–Crippen MR) is 31.8 cm³/mol. The summed E-state index contributed by atoms with van der Waals surface area (Å²) in [5.74, 6) is 0.261. The van der Waals surface area contributed by atoms with Gasteiger partial charge in [-0.05, 0) is 0 Å². The summed E-state index contributed by atoms with van der Waals surface area (Å²) < 4.78 is 0. The molecule has 0 aliphatic carbocycles. The van der Waals surface area contributed by atoms with E-state index in [2.05, 4.69) is 21.1 Å². The van der Waals surface area contributed by atoms with Gasteiger partial charge in [-0.3, -0.25) is 0 Å². The molecular weight excluding hydrogens is 160 g/mol. The van der Waals surface area contributed by atoms with E-state index in [1.165, 1.54) is 0 Å². The van der Waals surface area contributed by atoms with Crippen LogP contribution in [0.15, 0.2) is 5.16 Å². The minimum Gasteiger partial charge on any atom is -0.409 e. The molecule has 0 amide bonds. The Morgan fingerprint density at radius 2 is 2.43 bits per heavy atom. The molecule has 0 saturated carbocycles. The van der Waals surface area contributed by atoms with Crippen molar-refractivity contribution in [2.45, 2.75) is 6.42 Å². The minimum absolute atomic E-state index is 0.261. The standard InChI is InChI=1S/C3H7BrN2O/c4-2-1-3(5)6-7/h7H,1-2H2,(H2,5,6). The van der Waals surface area contributed by atoms with Gasteiger partial charge in [-0.2, -0.15) is 0 Å². The van der Waals surface area contributed by atoms with Crippen molar-refractivity contribution >= 4 is 21.8 Å². The third kappa shape index (κ3) is 3.58. The van der Waals surface area contributed by atoms with Crippen LogP contribution in [0.3, 0.4) is 0 Å². The summed E-state index contributed by atoms with van der Waals surface area (Å²) in [7, 11) is 0. The van der Waals surface area contributed by atoms with Gasteiger partial charge in [0.25, 0.3) is 0 Å². The first kappa shape index (κ1) is 6.75. The molecule has 0 aliphatic heterocycles. The third-order valence-corrected chi connectivity index (χ3v) is 0.876. The molecule has 3 N–H and O–H groups in total. The van der Waals surface area contributed by atoms with E-state index >= 15 is 0 Å². The van der Waals surface area contributed by atoms with Gasteiger partial charge in [0, 0.05) is 11.8 Å². The number of rotatable bonds is 2. The monoisotopic (exact) mass is 166 g/mol. The predicted octanol–water partition coefficient (Wildman–Crippen LogP) is 0.518. The Kier molecular flexibility index (Phi) is 3.78. The summed E-state index contributed by atoms with van der Waals surface area (Å²) in [6, 6.07) is 0. The Morgan fingerprint density at radius 3 is 2.57 bits per heavy atom. The van der Waals surface area contributed by atoms with Gasteiger partial charge in [-0.1, -0.05) is 21.1 Å². The molecule has 0 radical (unpaired) electrons. The number of halogens is 1. The van der Waals surface area contributed by atoms with E-state index < -0.39 is 0 Å². The van der Waals surface area contributed by atoms with Crippen LogP contribution in [0.5, 0.6) is 0 Å². The Balaban J connectivity index is 3.17. The molecule has 0 rings (SSSR count). The van der Waals surface area contributed by atoms with Gasteiger partial charge in [-0.15, -0.1) is 0 Å². The summed E-state index contributed by atoms with van der Waals surface area (Å²) in [5, 5.41) is 11.4. The first-order valence-corrected chi connectivity index (χ1v) is 2.95. The first-order chi connectivity index (χ1) is 3.31. The fraction of sp³-hybridized carbons (Fsp3) is 0.667. The fourth-order valence-electron chi connectivity index (χ4n) is 0.147. The van der Waals surface area contributed by atoms with E-state index in [-0.39, 0.29) is 5.84 Å². The summed E-state index contributed by atoms with van der Waals surface area (Å²) in [6.45, 7) is 0. The van der Waals surface area contributed by atoms with E-state index in [4.69, 9.17) is 10.9 Å². The second-order valence-corrected chi connectivity index (χ2v) is 1.82. The third-order valence-electron chi connectivity index (χ3n) is 0.479. The lowest BCUT2D eigenvalue weighted by Gasteiger charge is -1.87. The van der Waals surface area contributed by atoms with Crippen molar-refractivity contribution in [3.8, 4) is 0 Å². The topological polar surface area (TPSA) is 58.6 Å². The highest BCUT2D eigenvalue weighted by atomic mass is 79.9. The highest BCUT2D eigenvalue weighted by molar-refractivity contribution is 9.09. The zero-order valence-corrected chi connectivity index (χ0v) is 5.35. The largest absolute Gasteiger partial charge is 0.409 e. The van der Waals surface area contributed by atoms with Gasteiger partial charge >= 0.3 is 0 Å². The average molecular weight is 167 g/mol. The molecular formula is C3H7BrN2O. The van der Waals surface area contributed by atoms with Crippen LogP contribution in [0.1, 0.15) is 6.42 Å². The molecule has 0 fully saturated rings. The molecule has 42 valence electrons. The smallest absolute Gasteiger partial charge is 0.139 e. The highest BCUT2D eigenvalue weighted by Gasteiger charge is 1.85. The van der Waals surface area contributed by atoms with Crippen LogP contribution in [0.4, 0.5) is 0 Å². The van der Waals surface area contributed by atoms with Crippen molar-refractivity contribution in [2.24, 2.45) is 10.9 Å². The lowest BCUT2D eigenvalue weighted by molar-refractivity contribution is 0.317. The van der Waals surface area contributed by atoms with Crippen LogP contribution in [-0.2, 0) is 0 Å². The van der Waals surface area contributed by atoms with Crippen LogP contribution in [-0.4, -0.2) is 16.4 Å². The molecule has 0 unspecified atom stereocenters. The van der Waals surface area contributed by atoms with Crippen molar-refractivity contribution in [3.63, 3.8) is 0 Å². The summed E-state index contributed by atoms with van der Waals surface area (Å²) in [4.78, 5) is 0. The maximum Gasteiger partial charge on any atom is 0.139 e. The van der Waals surface area contributed by atoms with Crippen molar-refractivity contribution in [3.05, 3.63) is 0 Å². The van der Waals surface area contributed by atoms with Crippen LogP contribution >= 0.6 is 15.9 Å². The lowest BCUT2D eigenvalue weighted by Crippen LogP contribution is -2.11. The van der Waals surface area contributed by atoms with Crippen molar-refractivity contribution in [2.75, 3.05) is 5.33 Å². The number of nitrogens with two attached hydrogens (primary N) is 1. The molecule has 7 heavy (non-hydrogen) atoms. The van der Waals surface area contributed by atoms with Gasteiger partial charge < -0.3 is 10.9 Å². The second-order valence-electron chi connectivity index (χ2n) is 1.03. The molecule has 0 spiro atoms. The number of oxime groups is 1. The first-order valence-electron chi connectivity index (χ1n) is 1.83. The molecule has 0 atom stereocenters. The molecule has 0 aliphatic rings. The molecule has 0 aromatic carbocycles. The fourth-order valence-corrected chi connectivity index (χ4v) is 0.553. The quantitative estimate of drug-likeness (QED) is 0.207. The maximum atomic E-state index is 7.91. The van der Waals surface area contributed by atoms with E-state index in [0.29, 0.717) is 6.42 Å². The van der Waals surface area contributed by atoms with Crippen LogP contribution in [0, 0.1) is 0 Å². The Morgan fingerprint density at radius 1 is 1.86 bits per heavy atom. The zero-order valence-electron chi connectivity index (χ0n) is 3.76. The average Bonchev–Trinajstić information content (AvgIpc) is 1.68. The van der Waals surface area contributed by atoms with Gasteiger partial charge in [0.1, 0.15) is 5.84 Å². The van der Waals surface area contributed by atoms with Crippen molar-refractivity contribution in [1.82, 2.24) is 0 Å². The minimum atomic E-state index is 0.261. The molecule has 0 aromatic rings. The summed E-state index contributed by atoms with van der Waals surface area (Å²) >= 11 is 3.12. The van der Waals surface area contributed by atoms with Crippen LogP contribution in [0.25, 0.3) is 0 Å². The van der Waals surface area contributed by atoms with Gasteiger partial charge in [0.2, 0.25) is 0 Å². The number of nitrogens with zero attached hydrogens (tertiary/aromatic N) is 1. The summed E-state index contributed by atoms with van der Waals surface area (Å²) in [5.41, 5.74) is 5.05. The number of alkyl halides is 1. The van der Waals surface area contributed by atoms with Crippen LogP contribution in [0.2, 0.25) is 0 Å². The van der Waals surface area contributed by atoms with E-state index in [9.17, 15) is 0 Å². The Labute approximate surface area is 50.3 Å². The zero-order chi connectivity index (χ0) is 5.70. The van der Waals surface area contributed by atoms with Gasteiger partial charge in [-0.25, -0.2) is 0 Å². The number of hydrogen-bond donors (Lipinski definition) is 2. The molecule has 0 saturated heterocycles. The SMILES string of the molecule is NC(CCBr)=NO. The second kappa shape index (κ2) is 3.92. The van der Waals surface area contributed by atoms with E-state index in [0.717, 1.165) is 5.33 Å². The van der Waals surface area contributed by atoms with E-state index in [1.54, 1.807) is 0 Å². The molecule has 0 heterocycles.